The van der Waals surface area contributed by atoms with Gasteiger partial charge in [-0.05, 0) is 49.6 Å². The van der Waals surface area contributed by atoms with Gasteiger partial charge in [0.2, 0.25) is 0 Å². The molecule has 0 saturated heterocycles. The maximum atomic E-state index is 12.1. The van der Waals surface area contributed by atoms with Gasteiger partial charge in [0.1, 0.15) is 0 Å². The summed E-state index contributed by atoms with van der Waals surface area (Å²) in [5, 5.41) is 15.7. The van der Waals surface area contributed by atoms with Crippen LogP contribution in [0.3, 0.4) is 0 Å². The third kappa shape index (κ3) is 3.52. The number of carbonyl (C=O) groups is 1. The van der Waals surface area contributed by atoms with E-state index >= 15 is 0 Å². The van der Waals surface area contributed by atoms with E-state index in [2.05, 4.69) is 30.2 Å². The molecule has 27 heavy (non-hydrogen) atoms. The fourth-order valence-electron chi connectivity index (χ4n) is 3.96. The minimum atomic E-state index is -1.09. The van der Waals surface area contributed by atoms with Crippen LogP contribution in [0.2, 0.25) is 0 Å². The Morgan fingerprint density at radius 1 is 1.22 bits per heavy atom. The second kappa shape index (κ2) is 7.78. The van der Waals surface area contributed by atoms with Crippen LogP contribution < -0.4 is 10.4 Å². The highest BCUT2D eigenvalue weighted by molar-refractivity contribution is 5.76. The zero-order valence-corrected chi connectivity index (χ0v) is 16.0. The predicted octanol–water partition coefficient (Wildman–Crippen LogP) is 3.54. The molecule has 1 heterocycles. The van der Waals surface area contributed by atoms with Crippen LogP contribution in [0.5, 0.6) is 0 Å². The molecule has 1 aliphatic carbocycles. The first-order chi connectivity index (χ1) is 13.0. The van der Waals surface area contributed by atoms with E-state index in [4.69, 9.17) is 0 Å². The number of nitrogens with one attached hydrogen (secondary N) is 1. The normalized spacial score (nSPS) is 22.4. The lowest BCUT2D eigenvalue weighted by atomic mass is 9.68. The molecule has 0 spiro atoms. The zero-order valence-electron chi connectivity index (χ0n) is 16.0. The lowest BCUT2D eigenvalue weighted by Gasteiger charge is -2.46. The predicted molar refractivity (Wildman–Crippen MR) is 106 cm³/mol. The Bertz CT molecular complexity index is 873. The number of nitrogens with zero attached hydrogens (tertiary/aromatic N) is 1. The largest absolute Gasteiger partial charge is 0.549 e. The summed E-state index contributed by atoms with van der Waals surface area (Å²) >= 11 is 0. The number of carbonyl (C=O) groups excluding carboxylic acids is 1. The Balaban J connectivity index is 2.17. The number of aliphatic carboxylic acids is 1. The molecular formula is C23H25N2O2-. The summed E-state index contributed by atoms with van der Waals surface area (Å²) < 4.78 is 0. The van der Waals surface area contributed by atoms with Gasteiger partial charge in [-0.25, -0.2) is 0 Å². The van der Waals surface area contributed by atoms with Gasteiger partial charge >= 0.3 is 0 Å². The molecular weight excluding hydrogens is 336 g/mol. The van der Waals surface area contributed by atoms with Crippen LogP contribution in [0.4, 0.5) is 5.69 Å². The molecule has 140 valence electrons. The van der Waals surface area contributed by atoms with Gasteiger partial charge in [0, 0.05) is 29.4 Å². The number of hydrogen-bond acceptors (Lipinski definition) is 4. The Kier molecular flexibility index (Phi) is 5.45. The van der Waals surface area contributed by atoms with Gasteiger partial charge in [-0.3, -0.25) is 4.98 Å². The van der Waals surface area contributed by atoms with Gasteiger partial charge in [-0.1, -0.05) is 49.4 Å². The highest BCUT2D eigenvalue weighted by Gasteiger charge is 2.45. The van der Waals surface area contributed by atoms with Crippen LogP contribution in [0.1, 0.15) is 36.1 Å². The van der Waals surface area contributed by atoms with E-state index in [9.17, 15) is 9.90 Å². The lowest BCUT2D eigenvalue weighted by molar-refractivity contribution is -0.311. The van der Waals surface area contributed by atoms with E-state index in [1.54, 1.807) is 18.3 Å². The molecule has 0 bridgehead atoms. The van der Waals surface area contributed by atoms with Crippen LogP contribution in [0.15, 0.2) is 66.9 Å². The SMILES string of the molecule is CCC(c1ccccn1)C1(Nc2cccc(C)c2C)C=CC=CC1C(=O)[O-]. The molecule has 0 fully saturated rings. The smallest absolute Gasteiger partial charge is 0.0757 e. The lowest BCUT2D eigenvalue weighted by Crippen LogP contribution is -2.55. The summed E-state index contributed by atoms with van der Waals surface area (Å²) in [6.45, 7) is 6.16. The van der Waals surface area contributed by atoms with Gasteiger partial charge < -0.3 is 15.2 Å². The first-order valence-corrected chi connectivity index (χ1v) is 9.31. The van der Waals surface area contributed by atoms with Crippen molar-refractivity contribution in [1.82, 2.24) is 4.98 Å². The standard InChI is InChI=1S/C23H26N2O2/c1-4-18(21-12-6-8-15-24-21)23(14-7-5-11-19(23)22(26)27)25-20-13-9-10-16(2)17(20)3/h5-15,18-19,25H,4H2,1-3H3,(H,26,27)/p-1. The van der Waals surface area contributed by atoms with Crippen LogP contribution in [0, 0.1) is 19.8 Å². The molecule has 2 aromatic rings. The average Bonchev–Trinajstić information content (AvgIpc) is 2.67. The number of hydrogen-bond donors (Lipinski definition) is 1. The summed E-state index contributed by atoms with van der Waals surface area (Å²) in [6, 6.07) is 11.8. The van der Waals surface area contributed by atoms with Crippen LogP contribution in [-0.2, 0) is 4.79 Å². The van der Waals surface area contributed by atoms with E-state index in [1.807, 2.05) is 49.4 Å². The molecule has 1 aliphatic rings. The van der Waals surface area contributed by atoms with Gasteiger partial charge in [0.05, 0.1) is 11.5 Å². The molecule has 4 heteroatoms. The van der Waals surface area contributed by atoms with Gasteiger partial charge in [-0.15, -0.1) is 0 Å². The topological polar surface area (TPSA) is 65.0 Å². The summed E-state index contributed by atoms with van der Waals surface area (Å²) in [6.07, 6.45) is 9.83. The van der Waals surface area contributed by atoms with E-state index in [1.165, 1.54) is 0 Å². The van der Waals surface area contributed by atoms with Crippen LogP contribution in [-0.4, -0.2) is 16.5 Å². The minimum Gasteiger partial charge on any atom is -0.549 e. The maximum absolute atomic E-state index is 12.1. The van der Waals surface area contributed by atoms with E-state index in [0.717, 1.165) is 28.9 Å². The first-order valence-electron chi connectivity index (χ1n) is 9.31. The third-order valence-electron chi connectivity index (χ3n) is 5.54. The van der Waals surface area contributed by atoms with E-state index < -0.39 is 17.4 Å². The molecule has 3 unspecified atom stereocenters. The van der Waals surface area contributed by atoms with Crippen molar-refractivity contribution in [2.45, 2.75) is 38.6 Å². The number of carboxylic acids is 1. The summed E-state index contributed by atoms with van der Waals surface area (Å²) in [5.74, 6) is -2.04. The van der Waals surface area contributed by atoms with Gasteiger partial charge in [-0.2, -0.15) is 0 Å². The molecule has 3 rings (SSSR count). The second-order valence-corrected chi connectivity index (χ2v) is 7.06. The molecule has 1 N–H and O–H groups in total. The highest BCUT2D eigenvalue weighted by atomic mass is 16.4. The van der Waals surface area contributed by atoms with Gasteiger partial charge in [0.15, 0.2) is 0 Å². The number of allylic oxidation sites excluding steroid dienone is 2. The van der Waals surface area contributed by atoms with Crippen molar-refractivity contribution in [1.29, 1.82) is 0 Å². The van der Waals surface area contributed by atoms with Crippen molar-refractivity contribution < 1.29 is 9.90 Å². The quantitative estimate of drug-likeness (QED) is 0.855. The number of aryl methyl sites for hydroxylation is 1. The average molecular weight is 361 g/mol. The Hall–Kier alpha value is -2.88. The van der Waals surface area contributed by atoms with Crippen molar-refractivity contribution in [3.05, 3.63) is 83.7 Å². The maximum Gasteiger partial charge on any atom is 0.0757 e. The fourth-order valence-corrected chi connectivity index (χ4v) is 3.96. The third-order valence-corrected chi connectivity index (χ3v) is 5.54. The van der Waals surface area contributed by atoms with Crippen molar-refractivity contribution in [3.8, 4) is 0 Å². The van der Waals surface area contributed by atoms with Crippen LogP contribution >= 0.6 is 0 Å². The molecule has 3 atom stereocenters. The molecule has 0 radical (unpaired) electrons. The summed E-state index contributed by atoms with van der Waals surface area (Å²) in [7, 11) is 0. The Morgan fingerprint density at radius 2 is 2.04 bits per heavy atom. The summed E-state index contributed by atoms with van der Waals surface area (Å²) in [5.41, 5.74) is 3.18. The number of benzene rings is 1. The molecule has 0 amide bonds. The molecule has 1 aromatic carbocycles. The van der Waals surface area contributed by atoms with Crippen LogP contribution in [0.25, 0.3) is 0 Å². The Labute approximate surface area is 160 Å². The monoisotopic (exact) mass is 361 g/mol. The van der Waals surface area contributed by atoms with Crippen molar-refractivity contribution in [2.24, 2.45) is 5.92 Å². The number of rotatable bonds is 6. The van der Waals surface area contributed by atoms with Crippen molar-refractivity contribution >= 4 is 11.7 Å². The number of aromatic nitrogens is 1. The number of pyridine rings is 1. The Morgan fingerprint density at radius 3 is 2.70 bits per heavy atom. The van der Waals surface area contributed by atoms with Gasteiger partial charge in [0.25, 0.3) is 0 Å². The molecule has 0 saturated carbocycles. The number of carboxylic acid groups (broad SMARTS) is 1. The van der Waals surface area contributed by atoms with Crippen molar-refractivity contribution in [3.63, 3.8) is 0 Å². The molecule has 4 nitrogen and oxygen atoms in total. The van der Waals surface area contributed by atoms with Crippen molar-refractivity contribution in [2.75, 3.05) is 5.32 Å². The zero-order chi connectivity index (χ0) is 19.4. The minimum absolute atomic E-state index is 0.136. The second-order valence-electron chi connectivity index (χ2n) is 7.06. The fraction of sp³-hybridized carbons (Fsp3) is 0.304. The number of anilines is 1. The highest BCUT2D eigenvalue weighted by Crippen LogP contribution is 2.43. The first kappa shape index (κ1) is 18.9. The molecule has 0 aliphatic heterocycles. The van der Waals surface area contributed by atoms with E-state index in [0.29, 0.717) is 0 Å². The molecule has 1 aromatic heterocycles. The summed E-state index contributed by atoms with van der Waals surface area (Å²) in [4.78, 5) is 16.6. The van der Waals surface area contributed by atoms with E-state index in [-0.39, 0.29) is 5.92 Å².